The van der Waals surface area contributed by atoms with Crippen LogP contribution in [0.1, 0.15) is 6.92 Å². The summed E-state index contributed by atoms with van der Waals surface area (Å²) in [6.45, 7) is 1.95. The Kier molecular flexibility index (Phi) is 6.06. The minimum Gasteiger partial charge on any atom is -0.399 e. The second-order valence-electron chi connectivity index (χ2n) is 4.35. The highest BCUT2D eigenvalue weighted by molar-refractivity contribution is 7.89. The minimum absolute atomic E-state index is 0.0208. The topological polar surface area (TPSA) is 111 Å². The number of nitrogens with two attached hydrogens (primary N) is 1. The van der Waals surface area contributed by atoms with E-state index in [2.05, 4.69) is 10.0 Å². The van der Waals surface area contributed by atoms with Crippen LogP contribution in [0, 0.1) is 5.82 Å². The summed E-state index contributed by atoms with van der Waals surface area (Å²) in [5.74, 6) is -1.28. The van der Waals surface area contributed by atoms with Crippen LogP contribution in [-0.4, -0.2) is 40.6 Å². The number of nitrogens with one attached hydrogen (secondary N) is 2. The number of sulfonamides is 1. The van der Waals surface area contributed by atoms with Crippen molar-refractivity contribution in [2.45, 2.75) is 17.9 Å². The van der Waals surface area contributed by atoms with Crippen molar-refractivity contribution in [3.8, 4) is 0 Å². The van der Waals surface area contributed by atoms with Crippen LogP contribution in [0.25, 0.3) is 0 Å². The number of benzene rings is 1. The van der Waals surface area contributed by atoms with E-state index in [1.807, 2.05) is 0 Å². The molecular weight excluding hydrogens is 301 g/mol. The Morgan fingerprint density at radius 3 is 2.67 bits per heavy atom. The third-order valence-corrected chi connectivity index (χ3v) is 4.05. The van der Waals surface area contributed by atoms with Gasteiger partial charge in [0.2, 0.25) is 15.9 Å². The fourth-order valence-electron chi connectivity index (χ4n) is 1.52. The first-order valence-electron chi connectivity index (χ1n) is 6.11. The van der Waals surface area contributed by atoms with E-state index in [1.54, 1.807) is 0 Å². The molecule has 0 aliphatic carbocycles. The smallest absolute Gasteiger partial charge is 0.241 e. The van der Waals surface area contributed by atoms with Crippen LogP contribution in [0.4, 0.5) is 10.1 Å². The van der Waals surface area contributed by atoms with Crippen molar-refractivity contribution in [2.75, 3.05) is 26.0 Å². The van der Waals surface area contributed by atoms with Gasteiger partial charge in [-0.1, -0.05) is 0 Å². The van der Waals surface area contributed by atoms with Gasteiger partial charge in [-0.2, -0.15) is 4.72 Å². The number of hydrogen-bond donors (Lipinski definition) is 3. The van der Waals surface area contributed by atoms with E-state index in [-0.39, 0.29) is 17.1 Å². The summed E-state index contributed by atoms with van der Waals surface area (Å²) in [7, 11) is -2.56. The zero-order valence-corrected chi connectivity index (χ0v) is 12.5. The number of carbonyl (C=O) groups excluding carboxylic acids is 1. The molecule has 0 radical (unpaired) electrons. The molecule has 0 spiro atoms. The summed E-state index contributed by atoms with van der Waals surface area (Å²) >= 11 is 0. The van der Waals surface area contributed by atoms with Crippen LogP contribution in [-0.2, 0) is 19.6 Å². The van der Waals surface area contributed by atoms with Crippen molar-refractivity contribution < 1.29 is 22.3 Å². The van der Waals surface area contributed by atoms with Gasteiger partial charge in [0.15, 0.2) is 0 Å². The molecule has 0 aromatic heterocycles. The van der Waals surface area contributed by atoms with Crippen molar-refractivity contribution >= 4 is 21.6 Å². The minimum atomic E-state index is -4.04. The maximum Gasteiger partial charge on any atom is 0.241 e. The summed E-state index contributed by atoms with van der Waals surface area (Å²) < 4.78 is 44.2. The maximum absolute atomic E-state index is 13.2. The van der Waals surface area contributed by atoms with Crippen molar-refractivity contribution in [3.05, 3.63) is 24.0 Å². The summed E-state index contributed by atoms with van der Waals surface area (Å²) in [5, 5.41) is 2.49. The first kappa shape index (κ1) is 17.3. The van der Waals surface area contributed by atoms with E-state index in [9.17, 15) is 17.6 Å². The molecule has 21 heavy (non-hydrogen) atoms. The third kappa shape index (κ3) is 5.29. The van der Waals surface area contributed by atoms with E-state index >= 15 is 0 Å². The zero-order chi connectivity index (χ0) is 16.0. The quantitative estimate of drug-likeness (QED) is 0.478. The lowest BCUT2D eigenvalue weighted by Crippen LogP contribution is -2.45. The van der Waals surface area contributed by atoms with Gasteiger partial charge in [0, 0.05) is 19.3 Å². The number of carbonyl (C=O) groups is 1. The van der Waals surface area contributed by atoms with Crippen LogP contribution in [0.5, 0.6) is 0 Å². The van der Waals surface area contributed by atoms with Crippen molar-refractivity contribution in [1.29, 1.82) is 0 Å². The van der Waals surface area contributed by atoms with Crippen LogP contribution in [0.15, 0.2) is 23.1 Å². The Morgan fingerprint density at radius 1 is 1.43 bits per heavy atom. The Labute approximate surface area is 122 Å². The molecule has 1 aromatic carbocycles. The Morgan fingerprint density at radius 2 is 2.10 bits per heavy atom. The van der Waals surface area contributed by atoms with Crippen molar-refractivity contribution in [3.63, 3.8) is 0 Å². The van der Waals surface area contributed by atoms with Gasteiger partial charge in [-0.15, -0.1) is 0 Å². The Bertz CT molecular complexity index is 586. The lowest BCUT2D eigenvalue weighted by Gasteiger charge is -2.14. The second-order valence-corrected chi connectivity index (χ2v) is 6.06. The molecule has 0 aliphatic heterocycles. The largest absolute Gasteiger partial charge is 0.399 e. The first-order chi connectivity index (χ1) is 9.76. The number of amides is 1. The molecule has 1 aromatic rings. The molecule has 7 nitrogen and oxygen atoms in total. The molecule has 9 heteroatoms. The summed E-state index contributed by atoms with van der Waals surface area (Å²) in [6, 6.07) is 1.92. The fraction of sp³-hybridized carbons (Fsp3) is 0.417. The highest BCUT2D eigenvalue weighted by Gasteiger charge is 2.22. The predicted molar refractivity (Wildman–Crippen MR) is 75.5 cm³/mol. The molecule has 1 unspecified atom stereocenters. The average Bonchev–Trinajstić information content (AvgIpc) is 2.37. The molecule has 4 N–H and O–H groups in total. The molecule has 1 amide bonds. The molecule has 0 aliphatic rings. The van der Waals surface area contributed by atoms with Crippen molar-refractivity contribution in [1.82, 2.24) is 10.0 Å². The number of ether oxygens (including phenoxy) is 1. The van der Waals surface area contributed by atoms with E-state index in [0.717, 1.165) is 18.2 Å². The molecule has 0 saturated heterocycles. The molecule has 0 bridgehead atoms. The Hall–Kier alpha value is -1.71. The van der Waals surface area contributed by atoms with E-state index in [0.29, 0.717) is 6.61 Å². The molecule has 1 rings (SSSR count). The van der Waals surface area contributed by atoms with Crippen LogP contribution in [0.2, 0.25) is 0 Å². The lowest BCUT2D eigenvalue weighted by molar-refractivity contribution is -0.122. The van der Waals surface area contributed by atoms with Gasteiger partial charge in [-0.3, -0.25) is 4.79 Å². The zero-order valence-electron chi connectivity index (χ0n) is 11.7. The fourth-order valence-corrected chi connectivity index (χ4v) is 2.79. The highest BCUT2D eigenvalue weighted by atomic mass is 32.2. The molecule has 1 atom stereocenters. The standard InChI is InChI=1S/C12H18FN3O4S/c1-8(12(17)15-3-4-20-2)16-21(18,19)11-6-9(13)5-10(14)7-11/h5-8,16H,3-4,14H2,1-2H3,(H,15,17). The molecule has 118 valence electrons. The van der Waals surface area contributed by atoms with Crippen LogP contribution < -0.4 is 15.8 Å². The number of methoxy groups -OCH3 is 1. The number of halogens is 1. The van der Waals surface area contributed by atoms with Gasteiger partial charge in [0.05, 0.1) is 17.5 Å². The van der Waals surface area contributed by atoms with Crippen molar-refractivity contribution in [2.24, 2.45) is 0 Å². The normalized spacial score (nSPS) is 12.9. The second kappa shape index (κ2) is 7.34. The van der Waals surface area contributed by atoms with E-state index < -0.39 is 27.8 Å². The monoisotopic (exact) mass is 319 g/mol. The van der Waals surface area contributed by atoms with E-state index in [1.165, 1.54) is 14.0 Å². The van der Waals surface area contributed by atoms with Gasteiger partial charge < -0.3 is 15.8 Å². The molecular formula is C12H18FN3O4S. The molecule has 0 fully saturated rings. The molecule has 0 heterocycles. The first-order valence-corrected chi connectivity index (χ1v) is 7.59. The van der Waals surface area contributed by atoms with Gasteiger partial charge >= 0.3 is 0 Å². The number of hydrogen-bond acceptors (Lipinski definition) is 5. The lowest BCUT2D eigenvalue weighted by atomic mass is 10.3. The number of nitrogen functional groups attached to an aromatic ring is 1. The van der Waals surface area contributed by atoms with Gasteiger partial charge in [-0.25, -0.2) is 12.8 Å². The highest BCUT2D eigenvalue weighted by Crippen LogP contribution is 2.16. The number of anilines is 1. The number of rotatable bonds is 7. The SMILES string of the molecule is COCCNC(=O)C(C)NS(=O)(=O)c1cc(N)cc(F)c1. The van der Waals surface area contributed by atoms with E-state index in [4.69, 9.17) is 10.5 Å². The predicted octanol–water partition coefficient (Wildman–Crippen LogP) is -0.163. The summed E-state index contributed by atoms with van der Waals surface area (Å²) in [4.78, 5) is 11.3. The Balaban J connectivity index is 2.77. The summed E-state index contributed by atoms with van der Waals surface area (Å²) in [5.41, 5.74) is 5.38. The summed E-state index contributed by atoms with van der Waals surface area (Å²) in [6.07, 6.45) is 0. The van der Waals surface area contributed by atoms with Gasteiger partial charge in [0.25, 0.3) is 0 Å². The van der Waals surface area contributed by atoms with Gasteiger partial charge in [-0.05, 0) is 25.1 Å². The van der Waals surface area contributed by atoms with Crippen LogP contribution >= 0.6 is 0 Å². The van der Waals surface area contributed by atoms with Gasteiger partial charge in [0.1, 0.15) is 5.82 Å². The average molecular weight is 319 g/mol. The molecule has 0 saturated carbocycles. The van der Waals surface area contributed by atoms with Crippen LogP contribution in [0.3, 0.4) is 0 Å². The third-order valence-electron chi connectivity index (χ3n) is 2.53. The maximum atomic E-state index is 13.2.